The predicted octanol–water partition coefficient (Wildman–Crippen LogP) is 6.46. The van der Waals surface area contributed by atoms with Gasteiger partial charge in [-0.05, 0) is 43.4 Å². The molecule has 1 aliphatic carbocycles. The zero-order chi connectivity index (χ0) is 18.9. The summed E-state index contributed by atoms with van der Waals surface area (Å²) >= 11 is 0. The monoisotopic (exact) mass is 376 g/mol. The van der Waals surface area contributed by atoms with Crippen LogP contribution in [0.2, 0.25) is 0 Å². The third kappa shape index (κ3) is 9.04. The van der Waals surface area contributed by atoms with Gasteiger partial charge >= 0.3 is 7.82 Å². The lowest BCUT2D eigenvalue weighted by molar-refractivity contribution is -0.0244. The molecule has 1 fully saturated rings. The van der Waals surface area contributed by atoms with Gasteiger partial charge in [0.25, 0.3) is 0 Å². The molecule has 0 radical (unpaired) electrons. The van der Waals surface area contributed by atoms with Crippen molar-refractivity contribution in [3.63, 3.8) is 0 Å². The Bertz CT molecular complexity index is 401. The first-order valence-electron chi connectivity index (χ1n) is 10.5. The zero-order valence-electron chi connectivity index (χ0n) is 16.9. The van der Waals surface area contributed by atoms with E-state index in [0.717, 1.165) is 57.3 Å². The first kappa shape index (κ1) is 23.1. The Morgan fingerprint density at radius 2 is 1.56 bits per heavy atom. The summed E-state index contributed by atoms with van der Waals surface area (Å²) in [6, 6.07) is 0. The molecule has 1 saturated carbocycles. The van der Waals surface area contributed by atoms with E-state index in [1.165, 1.54) is 25.7 Å². The highest BCUT2D eigenvalue weighted by molar-refractivity contribution is 7.46. The molecule has 1 rings (SSSR count). The molecule has 3 atom stereocenters. The molecular weight excluding hydrogens is 335 g/mol. The maximum Gasteiger partial charge on any atom is 0.470 e. The summed E-state index contributed by atoms with van der Waals surface area (Å²) in [6.07, 6.45) is 12.7. The van der Waals surface area contributed by atoms with Crippen molar-refractivity contribution in [3.05, 3.63) is 0 Å². The standard InChI is InChI=1S/C20H41O4P/c1-5-10-17(3)12-13-19(18(4)11-6-2)16-20(24-25(21,22)23)14-8-7-9-15-20/h17-19H,5-16H2,1-4H3,(H2,21,22,23). The quantitative estimate of drug-likeness (QED) is 0.384. The lowest BCUT2D eigenvalue weighted by Gasteiger charge is -2.41. The third-order valence-corrected chi connectivity index (χ3v) is 6.70. The maximum atomic E-state index is 11.6. The van der Waals surface area contributed by atoms with Gasteiger partial charge in [0, 0.05) is 0 Å². The third-order valence-electron chi connectivity index (χ3n) is 6.07. The van der Waals surface area contributed by atoms with Crippen LogP contribution in [0.5, 0.6) is 0 Å². The van der Waals surface area contributed by atoms with Crippen molar-refractivity contribution in [2.75, 3.05) is 0 Å². The van der Waals surface area contributed by atoms with E-state index in [4.69, 9.17) is 4.52 Å². The molecule has 5 heteroatoms. The number of hydrogen-bond donors (Lipinski definition) is 2. The summed E-state index contributed by atoms with van der Waals surface area (Å²) in [5.41, 5.74) is -0.613. The average molecular weight is 377 g/mol. The van der Waals surface area contributed by atoms with Crippen LogP contribution < -0.4 is 0 Å². The largest absolute Gasteiger partial charge is 0.470 e. The summed E-state index contributed by atoms with van der Waals surface area (Å²) in [7, 11) is -4.45. The van der Waals surface area contributed by atoms with Crippen molar-refractivity contribution in [3.8, 4) is 0 Å². The van der Waals surface area contributed by atoms with Gasteiger partial charge in [0.15, 0.2) is 0 Å². The Labute approximate surface area is 155 Å². The highest BCUT2D eigenvalue weighted by atomic mass is 31.2. The van der Waals surface area contributed by atoms with Gasteiger partial charge in [-0.25, -0.2) is 4.57 Å². The Balaban J connectivity index is 2.84. The fourth-order valence-electron chi connectivity index (χ4n) is 4.67. The first-order chi connectivity index (χ1) is 11.7. The lowest BCUT2D eigenvalue weighted by atomic mass is 9.72. The Kier molecular flexibility index (Phi) is 10.2. The van der Waals surface area contributed by atoms with Crippen LogP contribution in [0, 0.1) is 17.8 Å². The molecule has 0 spiro atoms. The van der Waals surface area contributed by atoms with Crippen LogP contribution in [0.4, 0.5) is 0 Å². The van der Waals surface area contributed by atoms with E-state index in [0.29, 0.717) is 11.8 Å². The van der Waals surface area contributed by atoms with E-state index in [1.54, 1.807) is 0 Å². The minimum atomic E-state index is -4.45. The van der Waals surface area contributed by atoms with E-state index in [-0.39, 0.29) is 0 Å². The summed E-state index contributed by atoms with van der Waals surface area (Å²) < 4.78 is 17.1. The predicted molar refractivity (Wildman–Crippen MR) is 104 cm³/mol. The van der Waals surface area contributed by atoms with Crippen molar-refractivity contribution in [2.24, 2.45) is 17.8 Å². The highest BCUT2D eigenvalue weighted by Crippen LogP contribution is 2.50. The molecule has 2 N–H and O–H groups in total. The van der Waals surface area contributed by atoms with Gasteiger partial charge in [-0.15, -0.1) is 0 Å². The molecule has 0 aromatic heterocycles. The Morgan fingerprint density at radius 1 is 0.960 bits per heavy atom. The van der Waals surface area contributed by atoms with E-state index in [2.05, 4.69) is 27.7 Å². The molecule has 0 aliphatic heterocycles. The summed E-state index contributed by atoms with van der Waals surface area (Å²) in [4.78, 5) is 18.9. The number of rotatable bonds is 12. The van der Waals surface area contributed by atoms with E-state index in [1.807, 2.05) is 0 Å². The molecule has 0 amide bonds. The molecule has 25 heavy (non-hydrogen) atoms. The van der Waals surface area contributed by atoms with Crippen molar-refractivity contribution >= 4 is 7.82 Å². The van der Waals surface area contributed by atoms with Crippen LogP contribution in [0.25, 0.3) is 0 Å². The minimum Gasteiger partial charge on any atom is -0.303 e. The van der Waals surface area contributed by atoms with Crippen LogP contribution in [-0.2, 0) is 9.09 Å². The van der Waals surface area contributed by atoms with Crippen LogP contribution in [0.1, 0.15) is 105 Å². The molecule has 1 aliphatic rings. The second-order valence-corrected chi connectivity index (χ2v) is 9.69. The van der Waals surface area contributed by atoms with Gasteiger partial charge in [0.2, 0.25) is 0 Å². The second kappa shape index (κ2) is 11.1. The molecule has 0 heterocycles. The topological polar surface area (TPSA) is 66.8 Å². The van der Waals surface area contributed by atoms with E-state index < -0.39 is 13.4 Å². The fraction of sp³-hybridized carbons (Fsp3) is 1.00. The van der Waals surface area contributed by atoms with Crippen molar-refractivity contribution in [2.45, 2.75) is 110 Å². The minimum absolute atomic E-state index is 0.490. The van der Waals surface area contributed by atoms with Gasteiger partial charge < -0.3 is 9.79 Å². The van der Waals surface area contributed by atoms with Gasteiger partial charge in [-0.1, -0.05) is 79.1 Å². The summed E-state index contributed by atoms with van der Waals surface area (Å²) in [6.45, 7) is 9.09. The van der Waals surface area contributed by atoms with Crippen molar-refractivity contribution in [1.29, 1.82) is 0 Å². The Hall–Kier alpha value is 0.110. The molecule has 0 aromatic carbocycles. The average Bonchev–Trinajstić information content (AvgIpc) is 2.51. The fourth-order valence-corrected chi connectivity index (χ4v) is 5.44. The maximum absolute atomic E-state index is 11.6. The van der Waals surface area contributed by atoms with Crippen molar-refractivity contribution < 1.29 is 18.9 Å². The molecule has 0 saturated heterocycles. The van der Waals surface area contributed by atoms with Crippen molar-refractivity contribution in [1.82, 2.24) is 0 Å². The molecule has 0 bridgehead atoms. The molecular formula is C20H41O4P. The van der Waals surface area contributed by atoms with Crippen LogP contribution in [0.15, 0.2) is 0 Å². The van der Waals surface area contributed by atoms with Gasteiger partial charge in [0.1, 0.15) is 0 Å². The van der Waals surface area contributed by atoms with Gasteiger partial charge in [0.05, 0.1) is 5.60 Å². The lowest BCUT2D eigenvalue weighted by Crippen LogP contribution is -2.37. The van der Waals surface area contributed by atoms with Crippen LogP contribution in [-0.4, -0.2) is 15.4 Å². The molecule has 4 nitrogen and oxygen atoms in total. The highest BCUT2D eigenvalue weighted by Gasteiger charge is 2.41. The van der Waals surface area contributed by atoms with Gasteiger partial charge in [-0.2, -0.15) is 0 Å². The Morgan fingerprint density at radius 3 is 2.08 bits per heavy atom. The summed E-state index contributed by atoms with van der Waals surface area (Å²) in [5, 5.41) is 0. The molecule has 0 aromatic rings. The summed E-state index contributed by atoms with van der Waals surface area (Å²) in [5.74, 6) is 1.80. The normalized spacial score (nSPS) is 21.7. The van der Waals surface area contributed by atoms with Crippen LogP contribution >= 0.6 is 7.82 Å². The first-order valence-corrected chi connectivity index (χ1v) is 12.0. The van der Waals surface area contributed by atoms with Gasteiger partial charge in [-0.3, -0.25) is 4.52 Å². The molecule has 150 valence electrons. The smallest absolute Gasteiger partial charge is 0.303 e. The number of hydrogen-bond acceptors (Lipinski definition) is 2. The zero-order valence-corrected chi connectivity index (χ0v) is 17.8. The van der Waals surface area contributed by atoms with E-state index in [9.17, 15) is 14.4 Å². The SMILES string of the molecule is CCCC(C)CCC(CC1(OP(=O)(O)O)CCCCC1)C(C)CCC. The van der Waals surface area contributed by atoms with E-state index >= 15 is 0 Å². The second-order valence-electron chi connectivity index (χ2n) is 8.53. The molecule has 3 unspecified atom stereocenters. The van der Waals surface area contributed by atoms with Crippen LogP contribution in [0.3, 0.4) is 0 Å². The number of phosphoric ester groups is 1. The number of phosphoric acid groups is 1.